The molecule has 2 aromatic rings. The van der Waals surface area contributed by atoms with Crippen LogP contribution < -0.4 is 10.2 Å². The molecule has 2 heterocycles. The molecule has 0 bridgehead atoms. The Morgan fingerprint density at radius 1 is 1.29 bits per heavy atom. The second-order valence-electron chi connectivity index (χ2n) is 5.12. The molecule has 0 atom stereocenters. The number of hydrogen-bond acceptors (Lipinski definition) is 7. The van der Waals surface area contributed by atoms with E-state index in [0.717, 1.165) is 6.07 Å². The standard InChI is InChI=1S/C13H18F3N7O/c1-22(2)12-19-9(13(14,15)16)6-10(20-12)17-7-11-21-18-8-23(11)4-5-24-3/h6,8H,4-5,7H2,1-3H3,(H,17,19,20). The van der Waals surface area contributed by atoms with Gasteiger partial charge < -0.3 is 19.5 Å². The Bertz CT molecular complexity index is 672. The van der Waals surface area contributed by atoms with E-state index in [4.69, 9.17) is 4.74 Å². The van der Waals surface area contributed by atoms with E-state index >= 15 is 0 Å². The molecule has 24 heavy (non-hydrogen) atoms. The quantitative estimate of drug-likeness (QED) is 0.812. The molecule has 0 aromatic carbocycles. The number of nitrogens with one attached hydrogen (secondary N) is 1. The van der Waals surface area contributed by atoms with Gasteiger partial charge in [0.2, 0.25) is 5.95 Å². The third-order valence-corrected chi connectivity index (χ3v) is 3.06. The van der Waals surface area contributed by atoms with E-state index in [2.05, 4.69) is 25.5 Å². The summed E-state index contributed by atoms with van der Waals surface area (Å²) in [6, 6.07) is 0.864. The van der Waals surface area contributed by atoms with Gasteiger partial charge in [0.15, 0.2) is 11.5 Å². The first kappa shape index (κ1) is 17.9. The van der Waals surface area contributed by atoms with Gasteiger partial charge in [-0.25, -0.2) is 4.98 Å². The van der Waals surface area contributed by atoms with Gasteiger partial charge in [0.25, 0.3) is 0 Å². The maximum absolute atomic E-state index is 13.0. The molecule has 2 aromatic heterocycles. The van der Waals surface area contributed by atoms with Crippen molar-refractivity contribution in [1.29, 1.82) is 0 Å². The van der Waals surface area contributed by atoms with Crippen molar-refractivity contribution < 1.29 is 17.9 Å². The topological polar surface area (TPSA) is 81.0 Å². The molecule has 0 amide bonds. The number of ether oxygens (including phenoxy) is 1. The van der Waals surface area contributed by atoms with Gasteiger partial charge in [-0.2, -0.15) is 18.2 Å². The fourth-order valence-electron chi connectivity index (χ4n) is 1.83. The van der Waals surface area contributed by atoms with Gasteiger partial charge in [-0.3, -0.25) is 0 Å². The van der Waals surface area contributed by atoms with E-state index in [1.165, 1.54) is 11.2 Å². The summed E-state index contributed by atoms with van der Waals surface area (Å²) in [6.45, 7) is 1.19. The van der Waals surface area contributed by atoms with Crippen molar-refractivity contribution in [2.24, 2.45) is 0 Å². The summed E-state index contributed by atoms with van der Waals surface area (Å²) < 4.78 is 45.6. The Morgan fingerprint density at radius 3 is 2.67 bits per heavy atom. The van der Waals surface area contributed by atoms with Gasteiger partial charge in [-0.05, 0) is 0 Å². The fraction of sp³-hybridized carbons (Fsp3) is 0.538. The van der Waals surface area contributed by atoms with Crippen molar-refractivity contribution in [1.82, 2.24) is 24.7 Å². The molecule has 0 saturated carbocycles. The predicted molar refractivity (Wildman–Crippen MR) is 80.6 cm³/mol. The SMILES string of the molecule is COCCn1cnnc1CNc1cc(C(F)(F)F)nc(N(C)C)n1. The van der Waals surface area contributed by atoms with Crippen molar-refractivity contribution >= 4 is 11.8 Å². The van der Waals surface area contributed by atoms with Crippen LogP contribution in [0.15, 0.2) is 12.4 Å². The van der Waals surface area contributed by atoms with Crippen LogP contribution in [0, 0.1) is 0 Å². The van der Waals surface area contributed by atoms with Gasteiger partial charge in [-0.1, -0.05) is 0 Å². The highest BCUT2D eigenvalue weighted by Gasteiger charge is 2.34. The summed E-state index contributed by atoms with van der Waals surface area (Å²) in [4.78, 5) is 8.97. The zero-order valence-electron chi connectivity index (χ0n) is 13.5. The van der Waals surface area contributed by atoms with Crippen LogP contribution in [0.4, 0.5) is 24.9 Å². The van der Waals surface area contributed by atoms with E-state index in [0.29, 0.717) is 19.0 Å². The number of hydrogen-bond donors (Lipinski definition) is 1. The summed E-state index contributed by atoms with van der Waals surface area (Å²) in [7, 11) is 4.71. The Hall–Kier alpha value is -2.43. The predicted octanol–water partition coefficient (Wildman–Crippen LogP) is 1.41. The highest BCUT2D eigenvalue weighted by Crippen LogP contribution is 2.30. The lowest BCUT2D eigenvalue weighted by Crippen LogP contribution is -2.19. The zero-order valence-corrected chi connectivity index (χ0v) is 13.5. The van der Waals surface area contributed by atoms with Gasteiger partial charge in [0.1, 0.15) is 12.1 Å². The number of halogens is 3. The molecular weight excluding hydrogens is 327 g/mol. The Morgan fingerprint density at radius 2 is 2.04 bits per heavy atom. The maximum atomic E-state index is 13.0. The third kappa shape index (κ3) is 4.54. The molecule has 0 spiro atoms. The van der Waals surface area contributed by atoms with Crippen molar-refractivity contribution in [2.45, 2.75) is 19.3 Å². The average Bonchev–Trinajstić information content (AvgIpc) is 2.97. The first-order valence-corrected chi connectivity index (χ1v) is 7.04. The van der Waals surface area contributed by atoms with Gasteiger partial charge in [-0.15, -0.1) is 10.2 Å². The molecule has 8 nitrogen and oxygen atoms in total. The molecule has 0 aliphatic heterocycles. The van der Waals surface area contributed by atoms with Gasteiger partial charge in [0, 0.05) is 33.8 Å². The van der Waals surface area contributed by atoms with E-state index in [1.54, 1.807) is 25.8 Å². The summed E-state index contributed by atoms with van der Waals surface area (Å²) >= 11 is 0. The molecule has 0 aliphatic rings. The summed E-state index contributed by atoms with van der Waals surface area (Å²) in [5.41, 5.74) is -1.01. The molecule has 0 aliphatic carbocycles. The average molecular weight is 345 g/mol. The first-order valence-electron chi connectivity index (χ1n) is 7.04. The van der Waals surface area contributed by atoms with Gasteiger partial charge >= 0.3 is 6.18 Å². The van der Waals surface area contributed by atoms with Crippen molar-refractivity contribution in [3.05, 3.63) is 23.9 Å². The minimum absolute atomic E-state index is 0.0341. The lowest BCUT2D eigenvalue weighted by atomic mass is 10.3. The van der Waals surface area contributed by atoms with Crippen LogP contribution in [0.25, 0.3) is 0 Å². The van der Waals surface area contributed by atoms with Crippen LogP contribution in [0.5, 0.6) is 0 Å². The monoisotopic (exact) mass is 345 g/mol. The fourth-order valence-corrected chi connectivity index (χ4v) is 1.83. The summed E-state index contributed by atoms with van der Waals surface area (Å²) in [5, 5.41) is 10.5. The molecule has 11 heteroatoms. The second-order valence-corrected chi connectivity index (χ2v) is 5.12. The molecule has 0 unspecified atom stereocenters. The maximum Gasteiger partial charge on any atom is 0.433 e. The van der Waals surface area contributed by atoms with Crippen LogP contribution >= 0.6 is 0 Å². The molecule has 1 N–H and O–H groups in total. The number of alkyl halides is 3. The Balaban J connectivity index is 2.17. The molecule has 0 fully saturated rings. The van der Waals surface area contributed by atoms with Crippen molar-refractivity contribution in [3.63, 3.8) is 0 Å². The number of aromatic nitrogens is 5. The normalized spacial score (nSPS) is 11.6. The first-order chi connectivity index (χ1) is 11.3. The van der Waals surface area contributed by atoms with E-state index in [9.17, 15) is 13.2 Å². The van der Waals surface area contributed by atoms with Crippen molar-refractivity contribution in [3.8, 4) is 0 Å². The zero-order chi connectivity index (χ0) is 17.7. The van der Waals surface area contributed by atoms with Crippen LogP contribution in [0.3, 0.4) is 0 Å². The van der Waals surface area contributed by atoms with Gasteiger partial charge in [0.05, 0.1) is 13.2 Å². The largest absolute Gasteiger partial charge is 0.433 e. The number of methoxy groups -OCH3 is 1. The summed E-state index contributed by atoms with van der Waals surface area (Å²) in [5.74, 6) is 0.584. The molecule has 0 saturated heterocycles. The molecular formula is C13H18F3N7O. The van der Waals surface area contributed by atoms with E-state index < -0.39 is 11.9 Å². The Labute approximate surface area is 136 Å². The highest BCUT2D eigenvalue weighted by molar-refractivity contribution is 5.43. The van der Waals surface area contributed by atoms with Crippen LogP contribution in [0.1, 0.15) is 11.5 Å². The van der Waals surface area contributed by atoms with Crippen LogP contribution in [-0.2, 0) is 24.0 Å². The molecule has 0 radical (unpaired) electrons. The number of anilines is 2. The highest BCUT2D eigenvalue weighted by atomic mass is 19.4. The smallest absolute Gasteiger partial charge is 0.383 e. The number of rotatable bonds is 7. The summed E-state index contributed by atoms with van der Waals surface area (Å²) in [6.07, 6.45) is -3.02. The lowest BCUT2D eigenvalue weighted by Gasteiger charge is -2.15. The second kappa shape index (κ2) is 7.43. The molecule has 132 valence electrons. The van der Waals surface area contributed by atoms with E-state index in [-0.39, 0.29) is 18.3 Å². The number of nitrogens with zero attached hydrogens (tertiary/aromatic N) is 6. The van der Waals surface area contributed by atoms with E-state index in [1.807, 2.05) is 0 Å². The molecule has 2 rings (SSSR count). The minimum Gasteiger partial charge on any atom is -0.383 e. The minimum atomic E-state index is -4.55. The third-order valence-electron chi connectivity index (χ3n) is 3.06. The Kier molecular flexibility index (Phi) is 5.54. The van der Waals surface area contributed by atoms with Crippen LogP contribution in [0.2, 0.25) is 0 Å². The lowest BCUT2D eigenvalue weighted by molar-refractivity contribution is -0.141. The van der Waals surface area contributed by atoms with Crippen LogP contribution in [-0.4, -0.2) is 52.5 Å². The van der Waals surface area contributed by atoms with Crippen molar-refractivity contribution in [2.75, 3.05) is 38.0 Å².